The Morgan fingerprint density at radius 1 is 0.722 bits per heavy atom. The molecule has 0 amide bonds. The first-order valence-corrected chi connectivity index (χ1v) is 5.61. The van der Waals surface area contributed by atoms with Crippen LogP contribution in [0.3, 0.4) is 0 Å². The lowest BCUT2D eigenvalue weighted by atomic mass is 10.1. The Hall–Kier alpha value is -2.36. The molecule has 0 aliphatic carbocycles. The summed E-state index contributed by atoms with van der Waals surface area (Å²) in [6, 6.07) is 11.7. The van der Waals surface area contributed by atoms with Crippen LogP contribution in [0.5, 0.6) is 11.5 Å². The van der Waals surface area contributed by atoms with E-state index in [0.29, 0.717) is 0 Å². The second-order valence-electron chi connectivity index (χ2n) is 3.91. The fourth-order valence-corrected chi connectivity index (χ4v) is 2.12. The van der Waals surface area contributed by atoms with Crippen molar-refractivity contribution in [1.82, 2.24) is 10.2 Å². The number of nitrogens with zero attached hydrogens (tertiary/aromatic N) is 2. The van der Waals surface area contributed by atoms with Crippen LogP contribution in [0.15, 0.2) is 36.4 Å². The SMILES string of the molecule is COc1cccc2c1nnc1c(OC)cccc12. The molecule has 3 aromatic rings. The third-order valence-corrected chi connectivity index (χ3v) is 2.98. The van der Waals surface area contributed by atoms with Crippen LogP contribution in [-0.2, 0) is 0 Å². The van der Waals surface area contributed by atoms with Gasteiger partial charge in [0.2, 0.25) is 0 Å². The molecule has 0 aliphatic rings. The maximum Gasteiger partial charge on any atom is 0.147 e. The first kappa shape index (κ1) is 10.8. The van der Waals surface area contributed by atoms with Crippen molar-refractivity contribution in [2.45, 2.75) is 0 Å². The molecule has 2 aromatic carbocycles. The molecule has 4 heteroatoms. The van der Waals surface area contributed by atoms with Crippen molar-refractivity contribution in [3.05, 3.63) is 36.4 Å². The number of hydrogen-bond donors (Lipinski definition) is 0. The van der Waals surface area contributed by atoms with Gasteiger partial charge in [-0.2, -0.15) is 0 Å². The van der Waals surface area contributed by atoms with Crippen LogP contribution in [0.1, 0.15) is 0 Å². The van der Waals surface area contributed by atoms with Crippen molar-refractivity contribution >= 4 is 21.8 Å². The van der Waals surface area contributed by atoms with E-state index in [4.69, 9.17) is 9.47 Å². The highest BCUT2D eigenvalue weighted by Crippen LogP contribution is 2.31. The molecule has 18 heavy (non-hydrogen) atoms. The van der Waals surface area contributed by atoms with Crippen LogP contribution in [0.25, 0.3) is 21.8 Å². The highest BCUT2D eigenvalue weighted by Gasteiger charge is 2.10. The van der Waals surface area contributed by atoms with Crippen LogP contribution in [0.2, 0.25) is 0 Å². The minimum absolute atomic E-state index is 0.727. The summed E-state index contributed by atoms with van der Waals surface area (Å²) in [4.78, 5) is 0. The van der Waals surface area contributed by atoms with Crippen LogP contribution in [0, 0.1) is 0 Å². The Kier molecular flexibility index (Phi) is 2.48. The highest BCUT2D eigenvalue weighted by atomic mass is 16.5. The molecule has 0 N–H and O–H groups in total. The lowest BCUT2D eigenvalue weighted by Crippen LogP contribution is -1.93. The van der Waals surface area contributed by atoms with Gasteiger partial charge in [-0.25, -0.2) is 0 Å². The van der Waals surface area contributed by atoms with Crippen LogP contribution >= 0.6 is 0 Å². The van der Waals surface area contributed by atoms with Crippen LogP contribution < -0.4 is 9.47 Å². The zero-order valence-electron chi connectivity index (χ0n) is 10.2. The third-order valence-electron chi connectivity index (χ3n) is 2.98. The number of methoxy groups -OCH3 is 2. The monoisotopic (exact) mass is 240 g/mol. The number of hydrogen-bond acceptors (Lipinski definition) is 4. The quantitative estimate of drug-likeness (QED) is 0.646. The predicted octanol–water partition coefficient (Wildman–Crippen LogP) is 2.80. The lowest BCUT2D eigenvalue weighted by molar-refractivity contribution is 0.417. The number of ether oxygens (including phenoxy) is 2. The molecule has 90 valence electrons. The van der Waals surface area contributed by atoms with Crippen LogP contribution in [0.4, 0.5) is 0 Å². The molecule has 3 rings (SSSR count). The molecule has 0 spiro atoms. The summed E-state index contributed by atoms with van der Waals surface area (Å²) >= 11 is 0. The normalized spacial score (nSPS) is 10.8. The van der Waals surface area contributed by atoms with Crippen molar-refractivity contribution < 1.29 is 9.47 Å². The number of aromatic nitrogens is 2. The van der Waals surface area contributed by atoms with Gasteiger partial charge in [-0.05, 0) is 12.1 Å². The van der Waals surface area contributed by atoms with E-state index in [-0.39, 0.29) is 0 Å². The average molecular weight is 240 g/mol. The molecule has 1 aromatic heterocycles. The molecule has 0 atom stereocenters. The summed E-state index contributed by atoms with van der Waals surface area (Å²) < 4.78 is 10.6. The van der Waals surface area contributed by atoms with Crippen molar-refractivity contribution in [3.63, 3.8) is 0 Å². The number of benzene rings is 2. The highest BCUT2D eigenvalue weighted by molar-refractivity contribution is 6.07. The molecule has 0 radical (unpaired) electrons. The molecule has 0 aliphatic heterocycles. The Balaban J connectivity index is 2.47. The van der Waals surface area contributed by atoms with E-state index in [2.05, 4.69) is 10.2 Å². The van der Waals surface area contributed by atoms with Gasteiger partial charge < -0.3 is 9.47 Å². The van der Waals surface area contributed by atoms with E-state index in [0.717, 1.165) is 33.3 Å². The Morgan fingerprint density at radius 2 is 1.17 bits per heavy atom. The zero-order chi connectivity index (χ0) is 12.5. The summed E-state index contributed by atoms with van der Waals surface area (Å²) in [6.45, 7) is 0. The van der Waals surface area contributed by atoms with Crippen molar-refractivity contribution in [2.75, 3.05) is 14.2 Å². The van der Waals surface area contributed by atoms with E-state index < -0.39 is 0 Å². The smallest absolute Gasteiger partial charge is 0.147 e. The summed E-state index contributed by atoms with van der Waals surface area (Å²) in [6.07, 6.45) is 0. The number of fused-ring (bicyclic) bond motifs is 3. The average Bonchev–Trinajstić information content (AvgIpc) is 2.45. The molecule has 4 nitrogen and oxygen atoms in total. The van der Waals surface area contributed by atoms with Gasteiger partial charge in [0.05, 0.1) is 14.2 Å². The third kappa shape index (κ3) is 1.46. The topological polar surface area (TPSA) is 44.2 Å². The molecule has 1 heterocycles. The second-order valence-corrected chi connectivity index (χ2v) is 3.91. The lowest BCUT2D eigenvalue weighted by Gasteiger charge is -2.08. The minimum Gasteiger partial charge on any atom is -0.494 e. The van der Waals surface area contributed by atoms with Crippen molar-refractivity contribution in [1.29, 1.82) is 0 Å². The second kappa shape index (κ2) is 4.14. The van der Waals surface area contributed by atoms with Gasteiger partial charge in [-0.3, -0.25) is 0 Å². The molecule has 0 saturated carbocycles. The van der Waals surface area contributed by atoms with Gasteiger partial charge in [0, 0.05) is 10.8 Å². The molecule has 0 bridgehead atoms. The van der Waals surface area contributed by atoms with E-state index >= 15 is 0 Å². The molecular formula is C14H12N2O2. The first-order valence-electron chi connectivity index (χ1n) is 5.61. The van der Waals surface area contributed by atoms with Gasteiger partial charge in [-0.15, -0.1) is 10.2 Å². The summed E-state index contributed by atoms with van der Waals surface area (Å²) in [5, 5.41) is 10.5. The maximum absolute atomic E-state index is 5.30. The zero-order valence-corrected chi connectivity index (χ0v) is 10.2. The van der Waals surface area contributed by atoms with Gasteiger partial charge in [-0.1, -0.05) is 24.3 Å². The molecule has 0 unspecified atom stereocenters. The van der Waals surface area contributed by atoms with E-state index in [9.17, 15) is 0 Å². The molecule has 0 saturated heterocycles. The maximum atomic E-state index is 5.30. The van der Waals surface area contributed by atoms with Crippen molar-refractivity contribution in [3.8, 4) is 11.5 Å². The summed E-state index contributed by atoms with van der Waals surface area (Å²) in [5.74, 6) is 1.45. The Morgan fingerprint density at radius 3 is 1.56 bits per heavy atom. The minimum atomic E-state index is 0.727. The fraction of sp³-hybridized carbons (Fsp3) is 0.143. The van der Waals surface area contributed by atoms with Gasteiger partial charge in [0.25, 0.3) is 0 Å². The predicted molar refractivity (Wildman–Crippen MR) is 70.1 cm³/mol. The van der Waals surface area contributed by atoms with Gasteiger partial charge in [0.1, 0.15) is 22.5 Å². The Bertz CT molecular complexity index is 663. The van der Waals surface area contributed by atoms with Crippen molar-refractivity contribution in [2.24, 2.45) is 0 Å². The van der Waals surface area contributed by atoms with Gasteiger partial charge in [0.15, 0.2) is 0 Å². The summed E-state index contributed by atoms with van der Waals surface area (Å²) in [7, 11) is 3.26. The van der Waals surface area contributed by atoms with Gasteiger partial charge >= 0.3 is 0 Å². The Labute approximate surface area is 104 Å². The molecule has 0 fully saturated rings. The summed E-state index contributed by atoms with van der Waals surface area (Å²) in [5.41, 5.74) is 1.53. The molecular weight excluding hydrogens is 228 g/mol. The fourth-order valence-electron chi connectivity index (χ4n) is 2.12. The van der Waals surface area contributed by atoms with E-state index in [1.165, 1.54) is 0 Å². The largest absolute Gasteiger partial charge is 0.494 e. The van der Waals surface area contributed by atoms with Crippen LogP contribution in [-0.4, -0.2) is 24.4 Å². The standard InChI is InChI=1S/C14H12N2O2/c1-17-11-7-3-5-9-10-6-4-8-12(18-2)14(10)16-15-13(9)11/h3-8H,1-2H3. The first-order chi connectivity index (χ1) is 8.85. The number of rotatable bonds is 2. The van der Waals surface area contributed by atoms with E-state index in [1.54, 1.807) is 14.2 Å². The van der Waals surface area contributed by atoms with E-state index in [1.807, 2.05) is 36.4 Å².